The number of fused-ring (bicyclic) bond motifs is 1. The van der Waals surface area contributed by atoms with E-state index in [-0.39, 0.29) is 18.0 Å². The van der Waals surface area contributed by atoms with Gasteiger partial charge < -0.3 is 10.6 Å². The minimum atomic E-state index is -0.669. The van der Waals surface area contributed by atoms with Crippen molar-refractivity contribution in [1.29, 1.82) is 0 Å². The second-order valence-electron chi connectivity index (χ2n) is 7.00. The zero-order chi connectivity index (χ0) is 21.8. The Labute approximate surface area is 182 Å². The Hall–Kier alpha value is -3.39. The molecule has 31 heavy (non-hydrogen) atoms. The number of nitrogens with one attached hydrogen (secondary N) is 2. The number of nitrogens with zero attached hydrogens (tertiary/aromatic N) is 2. The van der Waals surface area contributed by atoms with Gasteiger partial charge in [-0.2, -0.15) is 0 Å². The number of benzene rings is 2. The van der Waals surface area contributed by atoms with Crippen LogP contribution in [0, 0.1) is 18.6 Å². The topological polar surface area (TPSA) is 66.9 Å². The first-order chi connectivity index (χ1) is 15.0. The molecule has 0 aliphatic carbocycles. The second-order valence-corrected chi connectivity index (χ2v) is 8.21. The monoisotopic (exact) mass is 438 g/mol. The Balaban J connectivity index is 1.43. The summed E-state index contributed by atoms with van der Waals surface area (Å²) >= 11 is 1.61. The van der Waals surface area contributed by atoms with E-state index in [9.17, 15) is 13.6 Å². The number of thiophene rings is 1. The smallest absolute Gasteiger partial charge is 0.224 e. The SMILES string of the molecule is Cc1sc2ncnc(NCCCC(=O)Nc3cc(F)ccc3F)c2c1-c1ccccc1. The molecule has 4 aromatic rings. The molecule has 2 aromatic carbocycles. The van der Waals surface area contributed by atoms with Crippen molar-refractivity contribution in [3.05, 3.63) is 71.4 Å². The van der Waals surface area contributed by atoms with Gasteiger partial charge in [-0.15, -0.1) is 11.3 Å². The lowest BCUT2D eigenvalue weighted by molar-refractivity contribution is -0.116. The molecule has 2 aromatic heterocycles. The lowest BCUT2D eigenvalue weighted by Gasteiger charge is -2.10. The summed E-state index contributed by atoms with van der Waals surface area (Å²) in [6.07, 6.45) is 2.18. The fourth-order valence-corrected chi connectivity index (χ4v) is 4.41. The fraction of sp³-hybridized carbons (Fsp3) is 0.174. The van der Waals surface area contributed by atoms with Gasteiger partial charge in [0, 0.05) is 29.5 Å². The van der Waals surface area contributed by atoms with Gasteiger partial charge in [-0.1, -0.05) is 30.3 Å². The van der Waals surface area contributed by atoms with Crippen LogP contribution in [0.1, 0.15) is 17.7 Å². The summed E-state index contributed by atoms with van der Waals surface area (Å²) in [5, 5.41) is 6.66. The minimum absolute atomic E-state index is 0.156. The number of amides is 1. The molecule has 158 valence electrons. The summed E-state index contributed by atoms with van der Waals surface area (Å²) in [6, 6.07) is 13.0. The molecule has 1 amide bonds. The number of anilines is 2. The number of aromatic nitrogens is 2. The molecule has 0 saturated heterocycles. The van der Waals surface area contributed by atoms with E-state index in [1.807, 2.05) is 18.2 Å². The van der Waals surface area contributed by atoms with Crippen molar-refractivity contribution >= 4 is 39.0 Å². The maximum atomic E-state index is 13.7. The summed E-state index contributed by atoms with van der Waals surface area (Å²) in [6.45, 7) is 2.56. The van der Waals surface area contributed by atoms with Crippen molar-refractivity contribution in [2.45, 2.75) is 19.8 Å². The third-order valence-electron chi connectivity index (χ3n) is 4.80. The summed E-state index contributed by atoms with van der Waals surface area (Å²) < 4.78 is 26.9. The number of rotatable bonds is 7. The maximum absolute atomic E-state index is 13.7. The molecule has 0 bridgehead atoms. The van der Waals surface area contributed by atoms with E-state index < -0.39 is 11.6 Å². The molecule has 0 radical (unpaired) electrons. The average molecular weight is 439 g/mol. The summed E-state index contributed by atoms with van der Waals surface area (Å²) in [5.74, 6) is -0.941. The van der Waals surface area contributed by atoms with Crippen LogP contribution in [0.4, 0.5) is 20.3 Å². The zero-order valence-corrected chi connectivity index (χ0v) is 17.6. The van der Waals surface area contributed by atoms with Crippen molar-refractivity contribution in [1.82, 2.24) is 9.97 Å². The molecule has 4 rings (SSSR count). The van der Waals surface area contributed by atoms with Gasteiger partial charge in [-0.3, -0.25) is 4.79 Å². The lowest BCUT2D eigenvalue weighted by Crippen LogP contribution is -2.14. The van der Waals surface area contributed by atoms with Gasteiger partial charge in [-0.25, -0.2) is 18.7 Å². The van der Waals surface area contributed by atoms with Gasteiger partial charge >= 0.3 is 0 Å². The first kappa shape index (κ1) is 20.9. The van der Waals surface area contributed by atoms with Gasteiger partial charge in [-0.05, 0) is 31.0 Å². The molecule has 0 atom stereocenters. The summed E-state index contributed by atoms with van der Waals surface area (Å²) in [4.78, 5) is 22.9. The lowest BCUT2D eigenvalue weighted by atomic mass is 10.0. The average Bonchev–Trinajstić information content (AvgIpc) is 3.11. The highest BCUT2D eigenvalue weighted by atomic mass is 32.1. The largest absolute Gasteiger partial charge is 0.369 e. The molecule has 0 aliphatic heterocycles. The highest BCUT2D eigenvalue weighted by molar-refractivity contribution is 7.19. The number of halogens is 2. The molecule has 0 aliphatic rings. The van der Waals surface area contributed by atoms with Crippen LogP contribution in [0.15, 0.2) is 54.9 Å². The highest BCUT2D eigenvalue weighted by Crippen LogP contribution is 2.40. The van der Waals surface area contributed by atoms with Crippen molar-refractivity contribution in [3.63, 3.8) is 0 Å². The maximum Gasteiger partial charge on any atom is 0.224 e. The van der Waals surface area contributed by atoms with Crippen LogP contribution in [0.5, 0.6) is 0 Å². The minimum Gasteiger partial charge on any atom is -0.369 e. The Morgan fingerprint density at radius 3 is 2.71 bits per heavy atom. The predicted molar refractivity (Wildman–Crippen MR) is 120 cm³/mol. The van der Waals surface area contributed by atoms with Gasteiger partial charge in [0.05, 0.1) is 11.1 Å². The van der Waals surface area contributed by atoms with Crippen LogP contribution in [-0.2, 0) is 4.79 Å². The van der Waals surface area contributed by atoms with Gasteiger partial charge in [0.1, 0.15) is 28.6 Å². The van der Waals surface area contributed by atoms with Crippen LogP contribution < -0.4 is 10.6 Å². The number of hydrogen-bond acceptors (Lipinski definition) is 5. The summed E-state index contributed by atoms with van der Waals surface area (Å²) in [7, 11) is 0. The van der Waals surface area contributed by atoms with E-state index in [4.69, 9.17) is 0 Å². The Kier molecular flexibility index (Phi) is 6.18. The Morgan fingerprint density at radius 1 is 1.10 bits per heavy atom. The first-order valence-electron chi connectivity index (χ1n) is 9.81. The third-order valence-corrected chi connectivity index (χ3v) is 5.82. The van der Waals surface area contributed by atoms with Crippen LogP contribution in [0.2, 0.25) is 0 Å². The van der Waals surface area contributed by atoms with Crippen molar-refractivity contribution < 1.29 is 13.6 Å². The van der Waals surface area contributed by atoms with Crippen molar-refractivity contribution in [2.75, 3.05) is 17.2 Å². The normalized spacial score (nSPS) is 10.9. The second kappa shape index (κ2) is 9.18. The molecular weight excluding hydrogens is 418 g/mol. The van der Waals surface area contributed by atoms with E-state index in [2.05, 4.69) is 39.7 Å². The summed E-state index contributed by atoms with van der Waals surface area (Å²) in [5.41, 5.74) is 2.04. The number of carbonyl (C=O) groups is 1. The quantitative estimate of drug-likeness (QED) is 0.359. The van der Waals surface area contributed by atoms with Crippen molar-refractivity contribution in [2.24, 2.45) is 0 Å². The zero-order valence-electron chi connectivity index (χ0n) is 16.8. The predicted octanol–water partition coefficient (Wildman–Crippen LogP) is 5.78. The van der Waals surface area contributed by atoms with E-state index in [0.29, 0.717) is 18.8 Å². The van der Waals surface area contributed by atoms with Crippen LogP contribution >= 0.6 is 11.3 Å². The van der Waals surface area contributed by atoms with Gasteiger partial charge in [0.15, 0.2) is 0 Å². The van der Waals surface area contributed by atoms with Gasteiger partial charge in [0.2, 0.25) is 5.91 Å². The van der Waals surface area contributed by atoms with E-state index in [1.54, 1.807) is 11.3 Å². The highest BCUT2D eigenvalue weighted by Gasteiger charge is 2.16. The van der Waals surface area contributed by atoms with E-state index in [1.165, 1.54) is 6.33 Å². The third kappa shape index (κ3) is 4.69. The van der Waals surface area contributed by atoms with Crippen LogP contribution in [-0.4, -0.2) is 22.4 Å². The molecule has 8 heteroatoms. The Bertz CT molecular complexity index is 1230. The first-order valence-corrected chi connectivity index (χ1v) is 10.6. The number of carbonyl (C=O) groups excluding carboxylic acids is 1. The molecule has 0 fully saturated rings. The molecule has 0 spiro atoms. The fourth-order valence-electron chi connectivity index (χ4n) is 3.39. The molecule has 5 nitrogen and oxygen atoms in total. The van der Waals surface area contributed by atoms with E-state index in [0.717, 1.165) is 44.4 Å². The molecule has 2 N–H and O–H groups in total. The van der Waals surface area contributed by atoms with E-state index >= 15 is 0 Å². The molecular formula is C23H20F2N4OS. The molecule has 0 saturated carbocycles. The molecule has 2 heterocycles. The molecule has 0 unspecified atom stereocenters. The van der Waals surface area contributed by atoms with Crippen LogP contribution in [0.25, 0.3) is 21.3 Å². The van der Waals surface area contributed by atoms with Gasteiger partial charge in [0.25, 0.3) is 0 Å². The van der Waals surface area contributed by atoms with Crippen LogP contribution in [0.3, 0.4) is 0 Å². The number of hydrogen-bond donors (Lipinski definition) is 2. The van der Waals surface area contributed by atoms with Crippen molar-refractivity contribution in [3.8, 4) is 11.1 Å². The standard InChI is InChI=1S/C23H20F2N4OS/c1-14-20(15-6-3-2-4-7-15)21-22(27-13-28-23(21)31-14)26-11-5-8-19(30)29-18-12-16(24)9-10-17(18)25/h2-4,6-7,9-10,12-13H,5,8,11H2,1H3,(H,29,30)(H,26,27,28). The number of aryl methyl sites for hydroxylation is 1. The Morgan fingerprint density at radius 2 is 1.90 bits per heavy atom.